The van der Waals surface area contributed by atoms with E-state index in [9.17, 15) is 0 Å². The Balaban J connectivity index is 1.87. The van der Waals surface area contributed by atoms with E-state index in [0.717, 1.165) is 18.7 Å². The van der Waals surface area contributed by atoms with Gasteiger partial charge in [0.1, 0.15) is 5.82 Å². The molecule has 92 valence electrons. The van der Waals surface area contributed by atoms with Gasteiger partial charge in [-0.1, -0.05) is 48.5 Å². The molecule has 0 saturated heterocycles. The topological polar surface area (TPSA) is 28.1 Å². The molecule has 3 aromatic rings. The van der Waals surface area contributed by atoms with Gasteiger partial charge < -0.3 is 4.98 Å². The SMILES string of the molecule is c1ccc(C2=Nc3[nH]c4ccccc4c3CC2)cc1. The summed E-state index contributed by atoms with van der Waals surface area (Å²) in [7, 11) is 0. The molecule has 1 aliphatic rings. The van der Waals surface area contributed by atoms with Crippen molar-refractivity contribution in [1.29, 1.82) is 0 Å². The van der Waals surface area contributed by atoms with E-state index in [0.29, 0.717) is 0 Å². The van der Waals surface area contributed by atoms with Gasteiger partial charge in [0.15, 0.2) is 0 Å². The standard InChI is InChI=1S/C17H14N2/c1-2-6-12(7-3-1)15-11-10-14-13-8-4-5-9-16(13)19-17(14)18-15/h1-9,19H,10-11H2. The fourth-order valence-corrected chi connectivity index (χ4v) is 2.81. The normalized spacial score (nSPS) is 14.2. The fraction of sp³-hybridized carbons (Fsp3) is 0.118. The Labute approximate surface area is 111 Å². The summed E-state index contributed by atoms with van der Waals surface area (Å²) in [6.45, 7) is 0. The van der Waals surface area contributed by atoms with Gasteiger partial charge in [-0.2, -0.15) is 0 Å². The van der Waals surface area contributed by atoms with Crippen molar-refractivity contribution in [3.8, 4) is 0 Å². The molecule has 19 heavy (non-hydrogen) atoms. The summed E-state index contributed by atoms with van der Waals surface area (Å²) in [6, 6.07) is 18.9. The molecule has 2 aromatic carbocycles. The van der Waals surface area contributed by atoms with Crippen molar-refractivity contribution < 1.29 is 0 Å². The van der Waals surface area contributed by atoms with E-state index in [2.05, 4.69) is 53.5 Å². The molecule has 0 aliphatic carbocycles. The zero-order valence-electron chi connectivity index (χ0n) is 10.6. The van der Waals surface area contributed by atoms with Gasteiger partial charge in [0, 0.05) is 16.5 Å². The average molecular weight is 246 g/mol. The molecular formula is C17H14N2. The van der Waals surface area contributed by atoms with Crippen molar-refractivity contribution in [2.24, 2.45) is 4.99 Å². The van der Waals surface area contributed by atoms with Crippen LogP contribution in [0.3, 0.4) is 0 Å². The highest BCUT2D eigenvalue weighted by Crippen LogP contribution is 2.33. The van der Waals surface area contributed by atoms with E-state index in [1.165, 1.54) is 27.7 Å². The summed E-state index contributed by atoms with van der Waals surface area (Å²) in [5, 5.41) is 1.31. The summed E-state index contributed by atoms with van der Waals surface area (Å²) in [5.41, 5.74) is 4.95. The number of aryl methyl sites for hydroxylation is 1. The number of hydrogen-bond acceptors (Lipinski definition) is 1. The highest BCUT2D eigenvalue weighted by Gasteiger charge is 2.17. The van der Waals surface area contributed by atoms with E-state index in [1.54, 1.807) is 0 Å². The Morgan fingerprint density at radius 2 is 1.63 bits per heavy atom. The molecule has 0 amide bonds. The highest BCUT2D eigenvalue weighted by atomic mass is 14.9. The van der Waals surface area contributed by atoms with E-state index >= 15 is 0 Å². The molecule has 2 heterocycles. The zero-order chi connectivity index (χ0) is 12.7. The minimum Gasteiger partial charge on any atom is -0.339 e. The third-order valence-electron chi connectivity index (χ3n) is 3.76. The second-order valence-corrected chi connectivity index (χ2v) is 4.92. The van der Waals surface area contributed by atoms with E-state index in [-0.39, 0.29) is 0 Å². The number of benzene rings is 2. The molecule has 0 radical (unpaired) electrons. The number of aromatic nitrogens is 1. The Hall–Kier alpha value is -2.35. The minimum absolute atomic E-state index is 1.01. The van der Waals surface area contributed by atoms with Gasteiger partial charge in [-0.25, -0.2) is 4.99 Å². The first-order chi connectivity index (χ1) is 9.42. The third kappa shape index (κ3) is 1.68. The molecule has 1 aliphatic heterocycles. The van der Waals surface area contributed by atoms with Crippen molar-refractivity contribution in [2.75, 3.05) is 0 Å². The van der Waals surface area contributed by atoms with Crippen molar-refractivity contribution in [3.63, 3.8) is 0 Å². The number of hydrogen-bond donors (Lipinski definition) is 1. The van der Waals surface area contributed by atoms with E-state index < -0.39 is 0 Å². The van der Waals surface area contributed by atoms with Crippen LogP contribution in [0.25, 0.3) is 10.9 Å². The number of nitrogens with one attached hydrogen (secondary N) is 1. The number of aromatic amines is 1. The Bertz CT molecular complexity index is 766. The molecular weight excluding hydrogens is 232 g/mol. The maximum absolute atomic E-state index is 4.81. The predicted octanol–water partition coefficient (Wildman–Crippen LogP) is 4.23. The number of nitrogens with zero attached hydrogens (tertiary/aromatic N) is 1. The first-order valence-electron chi connectivity index (χ1n) is 6.64. The van der Waals surface area contributed by atoms with Crippen molar-refractivity contribution >= 4 is 22.4 Å². The van der Waals surface area contributed by atoms with Gasteiger partial charge >= 0.3 is 0 Å². The minimum atomic E-state index is 1.01. The molecule has 0 unspecified atom stereocenters. The lowest BCUT2D eigenvalue weighted by atomic mass is 9.98. The van der Waals surface area contributed by atoms with Crippen LogP contribution in [0.4, 0.5) is 5.82 Å². The lowest BCUT2D eigenvalue weighted by Gasteiger charge is -2.12. The maximum Gasteiger partial charge on any atom is 0.134 e. The van der Waals surface area contributed by atoms with E-state index in [4.69, 9.17) is 4.99 Å². The summed E-state index contributed by atoms with van der Waals surface area (Å²) < 4.78 is 0. The zero-order valence-corrected chi connectivity index (χ0v) is 10.6. The number of para-hydroxylation sites is 1. The van der Waals surface area contributed by atoms with Crippen LogP contribution in [-0.2, 0) is 6.42 Å². The van der Waals surface area contributed by atoms with Gasteiger partial charge in [-0.15, -0.1) is 0 Å². The molecule has 0 bridgehead atoms. The molecule has 2 nitrogen and oxygen atoms in total. The lowest BCUT2D eigenvalue weighted by molar-refractivity contribution is 1.01. The predicted molar refractivity (Wildman–Crippen MR) is 79.3 cm³/mol. The number of rotatable bonds is 1. The van der Waals surface area contributed by atoms with Gasteiger partial charge in [-0.3, -0.25) is 0 Å². The highest BCUT2D eigenvalue weighted by molar-refractivity contribution is 6.04. The quantitative estimate of drug-likeness (QED) is 0.665. The van der Waals surface area contributed by atoms with Gasteiger partial charge in [0.05, 0.1) is 5.71 Å². The lowest BCUT2D eigenvalue weighted by Crippen LogP contribution is -2.06. The summed E-state index contributed by atoms with van der Waals surface area (Å²) >= 11 is 0. The third-order valence-corrected chi connectivity index (χ3v) is 3.76. The first-order valence-corrected chi connectivity index (χ1v) is 6.64. The summed E-state index contributed by atoms with van der Waals surface area (Å²) in [6.07, 6.45) is 2.08. The Morgan fingerprint density at radius 1 is 0.842 bits per heavy atom. The van der Waals surface area contributed by atoms with Gasteiger partial charge in [0.2, 0.25) is 0 Å². The molecule has 4 rings (SSSR count). The van der Waals surface area contributed by atoms with Gasteiger partial charge in [0.25, 0.3) is 0 Å². The van der Waals surface area contributed by atoms with E-state index in [1.807, 2.05) is 6.07 Å². The van der Waals surface area contributed by atoms with Crippen LogP contribution in [0.15, 0.2) is 59.6 Å². The van der Waals surface area contributed by atoms with Crippen molar-refractivity contribution in [2.45, 2.75) is 12.8 Å². The van der Waals surface area contributed by atoms with Crippen molar-refractivity contribution in [3.05, 3.63) is 65.7 Å². The first kappa shape index (κ1) is 10.6. The largest absolute Gasteiger partial charge is 0.339 e. The van der Waals surface area contributed by atoms with Crippen LogP contribution in [0.5, 0.6) is 0 Å². The molecule has 0 spiro atoms. The summed E-state index contributed by atoms with van der Waals surface area (Å²) in [4.78, 5) is 8.24. The van der Waals surface area contributed by atoms with Crippen LogP contribution in [0.2, 0.25) is 0 Å². The molecule has 1 N–H and O–H groups in total. The maximum atomic E-state index is 4.81. The average Bonchev–Trinajstić information content (AvgIpc) is 2.86. The molecule has 2 heteroatoms. The molecule has 1 aromatic heterocycles. The van der Waals surface area contributed by atoms with Crippen LogP contribution in [0, 0.1) is 0 Å². The fourth-order valence-electron chi connectivity index (χ4n) is 2.81. The van der Waals surface area contributed by atoms with Crippen molar-refractivity contribution in [1.82, 2.24) is 4.98 Å². The van der Waals surface area contributed by atoms with Crippen LogP contribution < -0.4 is 0 Å². The number of H-pyrrole nitrogens is 1. The number of fused-ring (bicyclic) bond motifs is 3. The second kappa shape index (κ2) is 4.09. The molecule has 0 saturated carbocycles. The monoisotopic (exact) mass is 246 g/mol. The summed E-state index contributed by atoms with van der Waals surface area (Å²) in [5.74, 6) is 1.03. The Morgan fingerprint density at radius 3 is 2.53 bits per heavy atom. The molecule has 0 atom stereocenters. The van der Waals surface area contributed by atoms with Crippen LogP contribution >= 0.6 is 0 Å². The smallest absolute Gasteiger partial charge is 0.134 e. The Kier molecular flexibility index (Phi) is 2.27. The van der Waals surface area contributed by atoms with Crippen LogP contribution in [0.1, 0.15) is 17.5 Å². The molecule has 0 fully saturated rings. The van der Waals surface area contributed by atoms with Gasteiger partial charge in [-0.05, 0) is 24.5 Å². The van der Waals surface area contributed by atoms with Crippen LogP contribution in [-0.4, -0.2) is 10.7 Å². The number of aliphatic imine (C=N–C) groups is 1. The second-order valence-electron chi connectivity index (χ2n) is 4.92.